The number of pyridine rings is 1. The van der Waals surface area contributed by atoms with Crippen molar-refractivity contribution < 1.29 is 4.74 Å². The van der Waals surface area contributed by atoms with Crippen molar-refractivity contribution in [3.8, 4) is 18.1 Å². The number of nitrogens with zero attached hydrogens (tertiary/aromatic N) is 2. The fraction of sp³-hybridized carbons (Fsp3) is 0.500. The minimum atomic E-state index is 0.653. The van der Waals surface area contributed by atoms with Crippen molar-refractivity contribution in [2.45, 2.75) is 19.3 Å². The molecule has 0 aromatic carbocycles. The van der Waals surface area contributed by atoms with Crippen LogP contribution in [0.2, 0.25) is 0 Å². The average Bonchev–Trinajstić information content (AvgIpc) is 2.28. The second-order valence-corrected chi connectivity index (χ2v) is 4.85. The van der Waals surface area contributed by atoms with Gasteiger partial charge in [0.25, 0.3) is 5.82 Å². The Hall–Kier alpha value is -1.53. The maximum Gasteiger partial charge on any atom is 0.269 e. The quantitative estimate of drug-likeness (QED) is 0.428. The van der Waals surface area contributed by atoms with E-state index in [1.54, 1.807) is 6.20 Å². The van der Waals surface area contributed by atoms with E-state index >= 15 is 0 Å². The Labute approximate surface area is 104 Å². The largest absolute Gasteiger partial charge is 0.486 e. The van der Waals surface area contributed by atoms with Gasteiger partial charge in [-0.25, -0.2) is 4.98 Å². The van der Waals surface area contributed by atoms with Gasteiger partial charge in [-0.1, -0.05) is 0 Å². The van der Waals surface area contributed by atoms with Crippen molar-refractivity contribution in [1.82, 2.24) is 9.47 Å². The Morgan fingerprint density at radius 3 is 2.76 bits per heavy atom. The third kappa shape index (κ3) is 4.46. The highest BCUT2D eigenvalue weighted by molar-refractivity contribution is 5.47. The zero-order valence-electron chi connectivity index (χ0n) is 10.9. The second kappa shape index (κ2) is 6.27. The van der Waals surface area contributed by atoms with E-state index in [2.05, 4.69) is 32.0 Å². The van der Waals surface area contributed by atoms with Crippen LogP contribution in [0.15, 0.2) is 18.3 Å². The zero-order valence-corrected chi connectivity index (χ0v) is 10.9. The van der Waals surface area contributed by atoms with Crippen molar-refractivity contribution in [2.24, 2.45) is 0 Å². The first-order chi connectivity index (χ1) is 8.05. The molecule has 1 aromatic heterocycles. The van der Waals surface area contributed by atoms with Crippen LogP contribution in [-0.2, 0) is 0 Å². The van der Waals surface area contributed by atoms with Crippen molar-refractivity contribution >= 4 is 5.82 Å². The molecule has 1 heterocycles. The molecule has 17 heavy (non-hydrogen) atoms. The summed E-state index contributed by atoms with van der Waals surface area (Å²) < 4.78 is 6.42. The molecule has 3 heteroatoms. The third-order valence-corrected chi connectivity index (χ3v) is 2.36. The fourth-order valence-corrected chi connectivity index (χ4v) is 1.51. The summed E-state index contributed by atoms with van der Waals surface area (Å²) in [6, 6.07) is 3.86. The Balaban J connectivity index is 2.56. The van der Waals surface area contributed by atoms with Gasteiger partial charge in [-0.3, -0.25) is 4.48 Å². The molecule has 0 bridgehead atoms. The Bertz CT molecular complexity index is 388. The lowest BCUT2D eigenvalue weighted by molar-refractivity contribution is 0.297. The Morgan fingerprint density at radius 2 is 2.12 bits per heavy atom. The molecule has 0 radical (unpaired) electrons. The lowest BCUT2D eigenvalue weighted by Crippen LogP contribution is -2.36. The van der Waals surface area contributed by atoms with Gasteiger partial charge in [0, 0.05) is 12.6 Å². The summed E-state index contributed by atoms with van der Waals surface area (Å²) in [5.41, 5.74) is 0. The standard InChI is InChI=1S/C14H21N2O/c1-5-6-7-8-12-17-13-10-9-11-15-14(13)16(2,3)4/h1,9-11H,6-8,12H2,2-4H3/q+1. The van der Waals surface area contributed by atoms with Crippen LogP contribution < -0.4 is 9.22 Å². The van der Waals surface area contributed by atoms with E-state index in [4.69, 9.17) is 11.2 Å². The van der Waals surface area contributed by atoms with Crippen LogP contribution in [0.25, 0.3) is 0 Å². The highest BCUT2D eigenvalue weighted by atomic mass is 16.5. The summed E-state index contributed by atoms with van der Waals surface area (Å²) in [6.07, 6.45) is 9.81. The molecule has 1 rings (SSSR count). The van der Waals surface area contributed by atoms with Crippen LogP contribution in [0.3, 0.4) is 0 Å². The SMILES string of the molecule is C#CCCCCOc1cccnc1[N+](C)(C)C. The molecule has 0 atom stereocenters. The van der Waals surface area contributed by atoms with Gasteiger partial charge in [0.15, 0.2) is 0 Å². The van der Waals surface area contributed by atoms with Gasteiger partial charge in [0.1, 0.15) is 0 Å². The van der Waals surface area contributed by atoms with Crippen molar-refractivity contribution in [3.63, 3.8) is 0 Å². The summed E-state index contributed by atoms with van der Waals surface area (Å²) in [4.78, 5) is 4.38. The molecule has 0 unspecified atom stereocenters. The Kier molecular flexibility index (Phi) is 4.99. The summed E-state index contributed by atoms with van der Waals surface area (Å²) in [7, 11) is 6.23. The first kappa shape index (κ1) is 13.5. The summed E-state index contributed by atoms with van der Waals surface area (Å²) in [5, 5.41) is 0. The van der Waals surface area contributed by atoms with Crippen LogP contribution in [0.1, 0.15) is 19.3 Å². The predicted molar refractivity (Wildman–Crippen MR) is 72.0 cm³/mol. The molecular weight excluding hydrogens is 212 g/mol. The number of quaternary nitrogens is 1. The van der Waals surface area contributed by atoms with Crippen LogP contribution in [0.5, 0.6) is 5.75 Å². The van der Waals surface area contributed by atoms with Gasteiger partial charge < -0.3 is 4.74 Å². The maximum atomic E-state index is 5.76. The second-order valence-electron chi connectivity index (χ2n) is 4.85. The van der Waals surface area contributed by atoms with Crippen LogP contribution in [-0.4, -0.2) is 32.7 Å². The van der Waals surface area contributed by atoms with E-state index in [1.807, 2.05) is 12.1 Å². The molecule has 0 saturated heterocycles. The number of aromatic nitrogens is 1. The van der Waals surface area contributed by atoms with Gasteiger partial charge in [0.2, 0.25) is 5.75 Å². The van der Waals surface area contributed by atoms with Crippen molar-refractivity contribution in [2.75, 3.05) is 27.7 Å². The third-order valence-electron chi connectivity index (χ3n) is 2.36. The molecule has 0 fully saturated rings. The molecular formula is C14H21N2O+. The topological polar surface area (TPSA) is 22.1 Å². The van der Waals surface area contributed by atoms with E-state index in [0.29, 0.717) is 11.1 Å². The van der Waals surface area contributed by atoms with E-state index in [-0.39, 0.29) is 0 Å². The van der Waals surface area contributed by atoms with Gasteiger partial charge in [-0.15, -0.1) is 12.3 Å². The molecule has 92 valence electrons. The van der Waals surface area contributed by atoms with E-state index in [1.165, 1.54) is 0 Å². The number of terminal acetylenes is 1. The normalized spacial score (nSPS) is 10.9. The molecule has 0 saturated carbocycles. The van der Waals surface area contributed by atoms with Gasteiger partial charge in [-0.05, 0) is 25.0 Å². The Morgan fingerprint density at radius 1 is 1.35 bits per heavy atom. The first-order valence-electron chi connectivity index (χ1n) is 5.89. The maximum absolute atomic E-state index is 5.76. The molecule has 0 N–H and O–H groups in total. The predicted octanol–water partition coefficient (Wildman–Crippen LogP) is 2.46. The van der Waals surface area contributed by atoms with Crippen LogP contribution in [0, 0.1) is 12.3 Å². The lowest BCUT2D eigenvalue weighted by atomic mass is 10.2. The highest BCUT2D eigenvalue weighted by Crippen LogP contribution is 2.26. The number of hydrogen-bond acceptors (Lipinski definition) is 2. The smallest absolute Gasteiger partial charge is 0.269 e. The van der Waals surface area contributed by atoms with E-state index in [9.17, 15) is 0 Å². The summed E-state index contributed by atoms with van der Waals surface area (Å²) in [5.74, 6) is 4.44. The van der Waals surface area contributed by atoms with Gasteiger partial charge in [0.05, 0.1) is 27.7 Å². The molecule has 0 aliphatic carbocycles. The zero-order chi connectivity index (χ0) is 12.7. The van der Waals surface area contributed by atoms with Crippen molar-refractivity contribution in [3.05, 3.63) is 18.3 Å². The summed E-state index contributed by atoms with van der Waals surface area (Å²) >= 11 is 0. The number of unbranched alkanes of at least 4 members (excludes halogenated alkanes) is 2. The number of hydrogen-bond donors (Lipinski definition) is 0. The molecule has 3 nitrogen and oxygen atoms in total. The lowest BCUT2D eigenvalue weighted by Gasteiger charge is -2.23. The minimum absolute atomic E-state index is 0.653. The number of rotatable bonds is 6. The van der Waals surface area contributed by atoms with Crippen molar-refractivity contribution in [1.29, 1.82) is 0 Å². The van der Waals surface area contributed by atoms with E-state index in [0.717, 1.165) is 30.8 Å². The molecule has 0 aliphatic heterocycles. The van der Waals surface area contributed by atoms with Gasteiger partial charge in [-0.2, -0.15) is 0 Å². The molecule has 1 aromatic rings. The number of ether oxygens (including phenoxy) is 1. The monoisotopic (exact) mass is 233 g/mol. The minimum Gasteiger partial charge on any atom is -0.486 e. The van der Waals surface area contributed by atoms with Crippen LogP contribution in [0.4, 0.5) is 5.82 Å². The van der Waals surface area contributed by atoms with Crippen LogP contribution >= 0.6 is 0 Å². The highest BCUT2D eigenvalue weighted by Gasteiger charge is 2.19. The van der Waals surface area contributed by atoms with E-state index < -0.39 is 0 Å². The van der Waals surface area contributed by atoms with Gasteiger partial charge >= 0.3 is 0 Å². The molecule has 0 aliphatic rings. The first-order valence-corrected chi connectivity index (χ1v) is 5.89. The average molecular weight is 233 g/mol. The molecule has 0 amide bonds. The molecule has 0 spiro atoms. The summed E-state index contributed by atoms with van der Waals surface area (Å²) in [6.45, 7) is 0.695. The fourth-order valence-electron chi connectivity index (χ4n) is 1.51.